The van der Waals surface area contributed by atoms with Gasteiger partial charge in [-0.05, 0) is 12.8 Å². The van der Waals surface area contributed by atoms with E-state index in [4.69, 9.17) is 5.26 Å². The Bertz CT molecular complexity index is 334. The molecule has 2 rings (SSSR count). The van der Waals surface area contributed by atoms with Crippen molar-refractivity contribution < 1.29 is 9.59 Å². The van der Waals surface area contributed by atoms with Gasteiger partial charge in [-0.15, -0.1) is 0 Å². The molecule has 2 heterocycles. The summed E-state index contributed by atoms with van der Waals surface area (Å²) in [5, 5.41) is 11.3. The molecule has 2 fully saturated rings. The van der Waals surface area contributed by atoms with Crippen molar-refractivity contribution >= 4 is 11.8 Å². The summed E-state index contributed by atoms with van der Waals surface area (Å²) in [5.74, 6) is -0.153. The molecule has 0 bridgehead atoms. The van der Waals surface area contributed by atoms with Crippen LogP contribution >= 0.6 is 0 Å². The third kappa shape index (κ3) is 1.67. The number of carbonyl (C=O) groups excluding carboxylic acids is 2. The summed E-state index contributed by atoms with van der Waals surface area (Å²) in [6, 6.07) is 1.84. The largest absolute Gasteiger partial charge is 0.354 e. The Hall–Kier alpha value is -1.57. The first kappa shape index (κ1) is 9.97. The number of likely N-dealkylation sites (tertiary alicyclic amines) is 1. The van der Waals surface area contributed by atoms with Crippen LogP contribution in [0.2, 0.25) is 0 Å². The number of rotatable bonds is 1. The van der Waals surface area contributed by atoms with Crippen LogP contribution < -0.4 is 5.32 Å². The van der Waals surface area contributed by atoms with Crippen molar-refractivity contribution in [2.75, 3.05) is 13.1 Å². The lowest BCUT2D eigenvalue weighted by molar-refractivity contribution is -0.135. The monoisotopic (exact) mass is 207 g/mol. The fourth-order valence-corrected chi connectivity index (χ4v) is 2.43. The lowest BCUT2D eigenvalue weighted by Gasteiger charge is -2.35. The second-order valence-electron chi connectivity index (χ2n) is 3.98. The smallest absolute Gasteiger partial charge is 0.237 e. The highest BCUT2D eigenvalue weighted by molar-refractivity contribution is 5.85. The van der Waals surface area contributed by atoms with Gasteiger partial charge in [-0.1, -0.05) is 0 Å². The second-order valence-corrected chi connectivity index (χ2v) is 3.98. The Balaban J connectivity index is 2.10. The highest BCUT2D eigenvalue weighted by atomic mass is 16.2. The third-order valence-corrected chi connectivity index (χ3v) is 3.15. The standard InChI is InChI=1S/C10H13N3O2/c11-4-3-9(14)13-5-1-2-7-8(13)6-12-10(7)15/h7-8H,1-3,5-6H2,(H,12,15). The van der Waals surface area contributed by atoms with Gasteiger partial charge in [0.1, 0.15) is 6.42 Å². The highest BCUT2D eigenvalue weighted by Crippen LogP contribution is 2.27. The molecule has 0 spiro atoms. The van der Waals surface area contributed by atoms with Gasteiger partial charge in [0.25, 0.3) is 0 Å². The summed E-state index contributed by atoms with van der Waals surface area (Å²) in [6.45, 7) is 1.22. The first-order valence-electron chi connectivity index (χ1n) is 5.18. The van der Waals surface area contributed by atoms with Crippen LogP contribution in [-0.4, -0.2) is 35.8 Å². The normalized spacial score (nSPS) is 29.3. The van der Waals surface area contributed by atoms with Gasteiger partial charge in [-0.2, -0.15) is 5.26 Å². The first-order valence-corrected chi connectivity index (χ1v) is 5.18. The number of nitriles is 1. The van der Waals surface area contributed by atoms with E-state index >= 15 is 0 Å². The SMILES string of the molecule is N#CCC(=O)N1CCCC2C(=O)NCC21. The zero-order valence-electron chi connectivity index (χ0n) is 8.40. The predicted octanol–water partition coefficient (Wildman–Crippen LogP) is -0.363. The van der Waals surface area contributed by atoms with Crippen LogP contribution in [0.3, 0.4) is 0 Å². The van der Waals surface area contributed by atoms with Gasteiger partial charge in [0, 0.05) is 13.1 Å². The minimum atomic E-state index is -0.149. The molecule has 2 aliphatic heterocycles. The number of nitrogens with one attached hydrogen (secondary N) is 1. The molecule has 0 aromatic rings. The van der Waals surface area contributed by atoms with Crippen molar-refractivity contribution in [1.82, 2.24) is 10.2 Å². The van der Waals surface area contributed by atoms with E-state index in [9.17, 15) is 9.59 Å². The number of carbonyl (C=O) groups is 2. The van der Waals surface area contributed by atoms with Crippen LogP contribution in [0.15, 0.2) is 0 Å². The Morgan fingerprint density at radius 1 is 1.67 bits per heavy atom. The van der Waals surface area contributed by atoms with Crippen molar-refractivity contribution in [2.45, 2.75) is 25.3 Å². The van der Waals surface area contributed by atoms with Crippen LogP contribution in [-0.2, 0) is 9.59 Å². The van der Waals surface area contributed by atoms with Crippen molar-refractivity contribution in [3.63, 3.8) is 0 Å². The molecular formula is C10H13N3O2. The molecule has 0 saturated carbocycles. The van der Waals surface area contributed by atoms with E-state index in [1.807, 2.05) is 6.07 Å². The molecule has 2 amide bonds. The second kappa shape index (κ2) is 3.89. The number of amides is 2. The van der Waals surface area contributed by atoms with E-state index < -0.39 is 0 Å². The molecule has 0 aliphatic carbocycles. The van der Waals surface area contributed by atoms with Crippen LogP contribution in [0.5, 0.6) is 0 Å². The number of fused-ring (bicyclic) bond motifs is 1. The number of hydrogen-bond donors (Lipinski definition) is 1. The maximum Gasteiger partial charge on any atom is 0.237 e. The van der Waals surface area contributed by atoms with E-state index in [0.29, 0.717) is 13.1 Å². The molecule has 2 atom stereocenters. The zero-order valence-corrected chi connectivity index (χ0v) is 8.40. The highest BCUT2D eigenvalue weighted by Gasteiger charge is 2.42. The van der Waals surface area contributed by atoms with Crippen LogP contribution in [0.25, 0.3) is 0 Å². The van der Waals surface area contributed by atoms with E-state index in [-0.39, 0.29) is 30.2 Å². The third-order valence-electron chi connectivity index (χ3n) is 3.15. The molecule has 5 heteroatoms. The molecule has 2 aliphatic rings. The van der Waals surface area contributed by atoms with Gasteiger partial charge in [0.2, 0.25) is 11.8 Å². The van der Waals surface area contributed by atoms with Gasteiger partial charge >= 0.3 is 0 Å². The van der Waals surface area contributed by atoms with Crippen LogP contribution in [0.1, 0.15) is 19.3 Å². The summed E-state index contributed by atoms with van der Waals surface area (Å²) >= 11 is 0. The van der Waals surface area contributed by atoms with Crippen LogP contribution in [0, 0.1) is 17.2 Å². The predicted molar refractivity (Wildman–Crippen MR) is 51.5 cm³/mol. The molecular weight excluding hydrogens is 194 g/mol. The van der Waals surface area contributed by atoms with E-state index in [0.717, 1.165) is 12.8 Å². The number of hydrogen-bond acceptors (Lipinski definition) is 3. The van der Waals surface area contributed by atoms with Crippen molar-refractivity contribution in [2.24, 2.45) is 5.92 Å². The van der Waals surface area contributed by atoms with Gasteiger partial charge < -0.3 is 10.2 Å². The van der Waals surface area contributed by atoms with E-state index in [1.165, 1.54) is 0 Å². The lowest BCUT2D eigenvalue weighted by atomic mass is 9.91. The zero-order chi connectivity index (χ0) is 10.8. The molecule has 0 aromatic heterocycles. The quantitative estimate of drug-likeness (QED) is 0.638. The van der Waals surface area contributed by atoms with Gasteiger partial charge in [0.05, 0.1) is 18.0 Å². The summed E-state index contributed by atoms with van der Waals surface area (Å²) in [6.07, 6.45) is 1.62. The Kier molecular flexibility index (Phi) is 2.58. The van der Waals surface area contributed by atoms with Crippen LogP contribution in [0.4, 0.5) is 0 Å². The summed E-state index contributed by atoms with van der Waals surface area (Å²) in [4.78, 5) is 24.7. The average molecular weight is 207 g/mol. The minimum Gasteiger partial charge on any atom is -0.354 e. The molecule has 2 unspecified atom stereocenters. The Morgan fingerprint density at radius 2 is 2.47 bits per heavy atom. The Morgan fingerprint density at radius 3 is 3.20 bits per heavy atom. The molecule has 15 heavy (non-hydrogen) atoms. The maximum absolute atomic E-state index is 11.6. The van der Waals surface area contributed by atoms with Crippen molar-refractivity contribution in [1.29, 1.82) is 5.26 Å². The minimum absolute atomic E-state index is 0.0212. The lowest BCUT2D eigenvalue weighted by Crippen LogP contribution is -2.48. The summed E-state index contributed by atoms with van der Waals surface area (Å²) < 4.78 is 0. The summed E-state index contributed by atoms with van der Waals surface area (Å²) in [7, 11) is 0. The van der Waals surface area contributed by atoms with Gasteiger partial charge in [0.15, 0.2) is 0 Å². The topological polar surface area (TPSA) is 73.2 Å². The van der Waals surface area contributed by atoms with E-state index in [1.54, 1.807) is 4.90 Å². The average Bonchev–Trinajstić information content (AvgIpc) is 2.61. The fourth-order valence-electron chi connectivity index (χ4n) is 2.43. The molecule has 5 nitrogen and oxygen atoms in total. The molecule has 1 N–H and O–H groups in total. The molecule has 0 aromatic carbocycles. The Labute approximate surface area is 88.0 Å². The van der Waals surface area contributed by atoms with E-state index in [2.05, 4.69) is 5.32 Å². The molecule has 2 saturated heterocycles. The molecule has 80 valence electrons. The fraction of sp³-hybridized carbons (Fsp3) is 0.700. The van der Waals surface area contributed by atoms with Crippen molar-refractivity contribution in [3.05, 3.63) is 0 Å². The number of piperidine rings is 1. The van der Waals surface area contributed by atoms with Gasteiger partial charge in [-0.25, -0.2) is 0 Å². The maximum atomic E-state index is 11.6. The number of nitrogens with zero attached hydrogens (tertiary/aromatic N) is 2. The first-order chi connectivity index (χ1) is 7.24. The van der Waals surface area contributed by atoms with Gasteiger partial charge in [-0.3, -0.25) is 9.59 Å². The van der Waals surface area contributed by atoms with Crippen molar-refractivity contribution in [3.8, 4) is 6.07 Å². The summed E-state index contributed by atoms with van der Waals surface area (Å²) in [5.41, 5.74) is 0. The molecule has 0 radical (unpaired) electrons.